The number of hydrogen-bond acceptors (Lipinski definition) is 3. The first-order valence-corrected chi connectivity index (χ1v) is 6.68. The molecule has 2 aromatic rings. The zero-order valence-electron chi connectivity index (χ0n) is 11.0. The van der Waals surface area contributed by atoms with Crippen molar-refractivity contribution in [1.82, 2.24) is 10.3 Å². The van der Waals surface area contributed by atoms with E-state index in [0.717, 1.165) is 12.0 Å². The molecular weight excluding hydrogens is 276 g/mol. The lowest BCUT2D eigenvalue weighted by atomic mass is 10.0. The summed E-state index contributed by atoms with van der Waals surface area (Å²) in [6.45, 7) is 1.99. The molecular formula is C15H15ClN2O2. The molecule has 2 rings (SSSR count). The van der Waals surface area contributed by atoms with Crippen LogP contribution in [0.5, 0.6) is 5.75 Å². The molecule has 0 fully saturated rings. The number of rotatable bonds is 4. The van der Waals surface area contributed by atoms with Crippen LogP contribution < -0.4 is 5.32 Å². The highest BCUT2D eigenvalue weighted by Crippen LogP contribution is 2.20. The fourth-order valence-corrected chi connectivity index (χ4v) is 2.04. The van der Waals surface area contributed by atoms with Crippen LogP contribution in [0.1, 0.15) is 35.3 Å². The van der Waals surface area contributed by atoms with Crippen LogP contribution in [0.15, 0.2) is 42.7 Å². The summed E-state index contributed by atoms with van der Waals surface area (Å²) in [7, 11) is 0. The van der Waals surface area contributed by atoms with Gasteiger partial charge in [0.2, 0.25) is 0 Å². The molecule has 0 saturated heterocycles. The number of carbonyl (C=O) groups excluding carboxylic acids is 1. The van der Waals surface area contributed by atoms with Crippen LogP contribution in [-0.2, 0) is 0 Å². The van der Waals surface area contributed by atoms with Crippen LogP contribution >= 0.6 is 11.6 Å². The maximum Gasteiger partial charge on any atom is 0.253 e. The van der Waals surface area contributed by atoms with E-state index in [1.807, 2.05) is 19.1 Å². The molecule has 20 heavy (non-hydrogen) atoms. The Labute approximate surface area is 122 Å². The predicted molar refractivity (Wildman–Crippen MR) is 77.9 cm³/mol. The summed E-state index contributed by atoms with van der Waals surface area (Å²) >= 11 is 5.86. The standard InChI is InChI=1S/C15H15ClN2O2/c1-2-14(10-3-5-12(16)6-4-10)18-15(20)11-7-13(19)9-17-8-11/h3-9,14,19H,2H2,1H3,(H,18,20). The van der Waals surface area contributed by atoms with Crippen molar-refractivity contribution in [1.29, 1.82) is 0 Å². The molecule has 2 N–H and O–H groups in total. The molecule has 1 atom stereocenters. The first kappa shape index (κ1) is 14.3. The lowest BCUT2D eigenvalue weighted by molar-refractivity contribution is 0.0935. The van der Waals surface area contributed by atoms with Crippen molar-refractivity contribution < 1.29 is 9.90 Å². The number of pyridine rings is 1. The monoisotopic (exact) mass is 290 g/mol. The second kappa shape index (κ2) is 6.39. The van der Waals surface area contributed by atoms with Gasteiger partial charge in [0.15, 0.2) is 0 Å². The number of benzene rings is 1. The fourth-order valence-electron chi connectivity index (χ4n) is 1.91. The van der Waals surface area contributed by atoms with Gasteiger partial charge in [-0.1, -0.05) is 30.7 Å². The smallest absolute Gasteiger partial charge is 0.253 e. The van der Waals surface area contributed by atoms with E-state index in [1.54, 1.807) is 12.1 Å². The summed E-state index contributed by atoms with van der Waals surface area (Å²) in [5, 5.41) is 12.9. The van der Waals surface area contributed by atoms with E-state index in [9.17, 15) is 9.90 Å². The van der Waals surface area contributed by atoms with Crippen molar-refractivity contribution in [3.05, 3.63) is 58.9 Å². The number of halogens is 1. The molecule has 1 aromatic heterocycles. The van der Waals surface area contributed by atoms with Crippen LogP contribution in [0, 0.1) is 0 Å². The number of nitrogens with one attached hydrogen (secondary N) is 1. The van der Waals surface area contributed by atoms with Gasteiger partial charge in [-0.15, -0.1) is 0 Å². The minimum absolute atomic E-state index is 0.0304. The summed E-state index contributed by atoms with van der Waals surface area (Å²) < 4.78 is 0. The van der Waals surface area contributed by atoms with Gasteiger partial charge >= 0.3 is 0 Å². The molecule has 0 aliphatic carbocycles. The fraction of sp³-hybridized carbons (Fsp3) is 0.200. The van der Waals surface area contributed by atoms with Crippen LogP contribution in [0.4, 0.5) is 0 Å². The zero-order chi connectivity index (χ0) is 14.5. The summed E-state index contributed by atoms with van der Waals surface area (Å²) in [5.74, 6) is -0.299. The molecule has 4 nitrogen and oxygen atoms in total. The van der Waals surface area contributed by atoms with Crippen LogP contribution in [0.3, 0.4) is 0 Å². The third-order valence-electron chi connectivity index (χ3n) is 2.97. The lowest BCUT2D eigenvalue weighted by Crippen LogP contribution is -2.28. The molecule has 104 valence electrons. The van der Waals surface area contributed by atoms with Crippen molar-refractivity contribution in [3.8, 4) is 5.75 Å². The molecule has 0 aliphatic heterocycles. The quantitative estimate of drug-likeness (QED) is 0.908. The van der Waals surface area contributed by atoms with E-state index in [0.29, 0.717) is 10.6 Å². The molecule has 0 bridgehead atoms. The van der Waals surface area contributed by atoms with E-state index in [2.05, 4.69) is 10.3 Å². The number of carbonyl (C=O) groups is 1. The Morgan fingerprint density at radius 2 is 2.05 bits per heavy atom. The zero-order valence-corrected chi connectivity index (χ0v) is 11.8. The van der Waals surface area contributed by atoms with E-state index in [4.69, 9.17) is 11.6 Å². The van der Waals surface area contributed by atoms with Gasteiger partial charge in [0.25, 0.3) is 5.91 Å². The Hall–Kier alpha value is -2.07. The second-order valence-electron chi connectivity index (χ2n) is 4.42. The molecule has 0 saturated carbocycles. The summed E-state index contributed by atoms with van der Waals surface area (Å²) in [6.07, 6.45) is 3.45. The average Bonchev–Trinajstić information content (AvgIpc) is 2.45. The van der Waals surface area contributed by atoms with E-state index in [1.165, 1.54) is 18.5 Å². The van der Waals surface area contributed by atoms with Crippen LogP contribution in [0.25, 0.3) is 0 Å². The Morgan fingerprint density at radius 1 is 1.35 bits per heavy atom. The maximum absolute atomic E-state index is 12.1. The van der Waals surface area contributed by atoms with Crippen molar-refractivity contribution in [2.45, 2.75) is 19.4 Å². The molecule has 0 aliphatic rings. The van der Waals surface area contributed by atoms with Gasteiger partial charge in [0, 0.05) is 11.2 Å². The largest absolute Gasteiger partial charge is 0.506 e. The third kappa shape index (κ3) is 3.48. The molecule has 1 unspecified atom stereocenters. The highest BCUT2D eigenvalue weighted by molar-refractivity contribution is 6.30. The van der Waals surface area contributed by atoms with Crippen molar-refractivity contribution in [2.75, 3.05) is 0 Å². The highest BCUT2D eigenvalue weighted by atomic mass is 35.5. The van der Waals surface area contributed by atoms with Gasteiger partial charge in [-0.05, 0) is 30.2 Å². The third-order valence-corrected chi connectivity index (χ3v) is 3.22. The number of aromatic hydroxyl groups is 1. The molecule has 0 radical (unpaired) electrons. The SMILES string of the molecule is CCC(NC(=O)c1cncc(O)c1)c1ccc(Cl)cc1. The minimum atomic E-state index is -0.268. The second-order valence-corrected chi connectivity index (χ2v) is 4.85. The van der Waals surface area contributed by atoms with Gasteiger partial charge in [-0.3, -0.25) is 9.78 Å². The molecule has 5 heteroatoms. The first-order valence-electron chi connectivity index (χ1n) is 6.30. The van der Waals surface area contributed by atoms with Gasteiger partial charge in [-0.25, -0.2) is 0 Å². The molecule has 1 heterocycles. The lowest BCUT2D eigenvalue weighted by Gasteiger charge is -2.17. The van der Waals surface area contributed by atoms with Crippen molar-refractivity contribution in [3.63, 3.8) is 0 Å². The Balaban J connectivity index is 2.14. The van der Waals surface area contributed by atoms with E-state index >= 15 is 0 Å². The molecule has 1 amide bonds. The van der Waals surface area contributed by atoms with E-state index in [-0.39, 0.29) is 17.7 Å². The summed E-state index contributed by atoms with van der Waals surface area (Å²) in [6, 6.07) is 8.64. The number of nitrogens with zero attached hydrogens (tertiary/aromatic N) is 1. The number of amides is 1. The summed E-state index contributed by atoms with van der Waals surface area (Å²) in [4.78, 5) is 15.9. The number of aromatic nitrogens is 1. The van der Waals surface area contributed by atoms with Crippen molar-refractivity contribution in [2.24, 2.45) is 0 Å². The molecule has 0 spiro atoms. The van der Waals surface area contributed by atoms with Crippen LogP contribution in [0.2, 0.25) is 5.02 Å². The summed E-state index contributed by atoms with van der Waals surface area (Å²) in [5.41, 5.74) is 1.32. The molecule has 1 aromatic carbocycles. The average molecular weight is 291 g/mol. The topological polar surface area (TPSA) is 62.2 Å². The first-order chi connectivity index (χ1) is 9.60. The predicted octanol–water partition coefficient (Wildman–Crippen LogP) is 3.32. The van der Waals surface area contributed by atoms with Gasteiger partial charge in [0.05, 0.1) is 17.8 Å². The van der Waals surface area contributed by atoms with Gasteiger partial charge in [-0.2, -0.15) is 0 Å². The Morgan fingerprint density at radius 3 is 2.65 bits per heavy atom. The Kier molecular flexibility index (Phi) is 4.58. The Bertz CT molecular complexity index is 599. The van der Waals surface area contributed by atoms with Gasteiger partial charge < -0.3 is 10.4 Å². The van der Waals surface area contributed by atoms with E-state index < -0.39 is 0 Å². The maximum atomic E-state index is 12.1. The number of hydrogen-bond donors (Lipinski definition) is 2. The van der Waals surface area contributed by atoms with Gasteiger partial charge in [0.1, 0.15) is 5.75 Å². The van der Waals surface area contributed by atoms with Crippen molar-refractivity contribution >= 4 is 17.5 Å². The minimum Gasteiger partial charge on any atom is -0.506 e. The van der Waals surface area contributed by atoms with Crippen LogP contribution in [-0.4, -0.2) is 16.0 Å². The highest BCUT2D eigenvalue weighted by Gasteiger charge is 2.14. The normalized spacial score (nSPS) is 11.9.